The Bertz CT molecular complexity index is 1540. The van der Waals surface area contributed by atoms with E-state index in [9.17, 15) is 4.79 Å². The molecule has 164 valence electrons. The normalized spacial score (nSPS) is 11.1. The fraction of sp³-hybridized carbons (Fsp3) is 0. The Kier molecular flexibility index (Phi) is 5.99. The molecule has 10 heteroatoms. The third kappa shape index (κ3) is 4.55. The number of aromatic nitrogens is 1. The predicted octanol–water partition coefficient (Wildman–Crippen LogP) is 7.80. The number of benzene rings is 3. The molecule has 0 fully saturated rings. The summed E-state index contributed by atoms with van der Waals surface area (Å²) in [5, 5.41) is 8.12. The molecule has 0 atom stereocenters. The second kappa shape index (κ2) is 8.93. The standard InChI is InChI=1S/C23H12Cl3N3O2S2/c24-12-4-8-17-16(9-12)28-22(31-17)11-1-5-14(6-2-11)27-23(32)29-21(30)20-19(26)15-7-3-13(25)10-18(15)33-20/h1-10H,(H2,27,29,30,32). The zero-order valence-electron chi connectivity index (χ0n) is 16.5. The van der Waals surface area contributed by atoms with Gasteiger partial charge in [0, 0.05) is 31.4 Å². The van der Waals surface area contributed by atoms with Crippen molar-refractivity contribution in [1.82, 2.24) is 10.3 Å². The minimum Gasteiger partial charge on any atom is -0.436 e. The molecule has 0 bridgehead atoms. The molecule has 0 spiro atoms. The zero-order valence-corrected chi connectivity index (χ0v) is 20.4. The molecule has 5 aromatic rings. The lowest BCUT2D eigenvalue weighted by atomic mass is 10.2. The minimum absolute atomic E-state index is 0.149. The molecule has 0 aliphatic heterocycles. The van der Waals surface area contributed by atoms with Crippen LogP contribution in [-0.4, -0.2) is 16.0 Å². The highest BCUT2D eigenvalue weighted by Crippen LogP contribution is 2.36. The maximum Gasteiger partial charge on any atom is 0.269 e. The molecule has 2 heterocycles. The van der Waals surface area contributed by atoms with E-state index in [0.717, 1.165) is 15.6 Å². The van der Waals surface area contributed by atoms with Crippen molar-refractivity contribution in [2.24, 2.45) is 0 Å². The van der Waals surface area contributed by atoms with E-state index in [0.29, 0.717) is 42.6 Å². The van der Waals surface area contributed by atoms with Gasteiger partial charge in [-0.2, -0.15) is 0 Å². The first-order chi connectivity index (χ1) is 15.9. The van der Waals surface area contributed by atoms with Gasteiger partial charge in [-0.25, -0.2) is 4.98 Å². The molecule has 33 heavy (non-hydrogen) atoms. The minimum atomic E-state index is -0.392. The van der Waals surface area contributed by atoms with Crippen molar-refractivity contribution in [1.29, 1.82) is 0 Å². The highest BCUT2D eigenvalue weighted by Gasteiger charge is 2.18. The number of nitrogens with one attached hydrogen (secondary N) is 2. The summed E-state index contributed by atoms with van der Waals surface area (Å²) >= 11 is 25.0. The first-order valence-electron chi connectivity index (χ1n) is 9.54. The van der Waals surface area contributed by atoms with Crippen molar-refractivity contribution in [2.75, 3.05) is 5.32 Å². The Balaban J connectivity index is 1.28. The van der Waals surface area contributed by atoms with Gasteiger partial charge in [0.15, 0.2) is 10.7 Å². The molecule has 1 amide bonds. The van der Waals surface area contributed by atoms with Gasteiger partial charge in [0.2, 0.25) is 5.89 Å². The van der Waals surface area contributed by atoms with E-state index >= 15 is 0 Å². The van der Waals surface area contributed by atoms with Crippen LogP contribution in [0, 0.1) is 0 Å². The maximum absolute atomic E-state index is 12.7. The van der Waals surface area contributed by atoms with Gasteiger partial charge in [-0.15, -0.1) is 11.3 Å². The second-order valence-corrected chi connectivity index (χ2v) is 9.71. The Morgan fingerprint density at radius 2 is 1.70 bits per heavy atom. The first-order valence-corrected chi connectivity index (χ1v) is 11.9. The van der Waals surface area contributed by atoms with Gasteiger partial charge < -0.3 is 9.73 Å². The number of oxazole rings is 1. The second-order valence-electron chi connectivity index (χ2n) is 7.00. The third-order valence-corrected chi connectivity index (χ3v) is 7.09. The van der Waals surface area contributed by atoms with Crippen LogP contribution in [0.2, 0.25) is 15.1 Å². The molecule has 3 aromatic carbocycles. The fourth-order valence-electron chi connectivity index (χ4n) is 3.23. The van der Waals surface area contributed by atoms with Crippen LogP contribution < -0.4 is 10.6 Å². The SMILES string of the molecule is O=C(NC(=S)Nc1ccc(-c2nc3cc(Cl)ccc3o2)cc1)c1sc2cc(Cl)ccc2c1Cl. The summed E-state index contributed by atoms with van der Waals surface area (Å²) in [7, 11) is 0. The van der Waals surface area contributed by atoms with Crippen LogP contribution in [0.25, 0.3) is 32.6 Å². The molecule has 0 unspecified atom stereocenters. The van der Waals surface area contributed by atoms with Gasteiger partial charge in [0.25, 0.3) is 5.91 Å². The van der Waals surface area contributed by atoms with Crippen molar-refractivity contribution < 1.29 is 9.21 Å². The topological polar surface area (TPSA) is 67.2 Å². The number of rotatable bonds is 3. The van der Waals surface area contributed by atoms with E-state index in [2.05, 4.69) is 15.6 Å². The lowest BCUT2D eigenvalue weighted by molar-refractivity contribution is 0.0982. The fourth-order valence-corrected chi connectivity index (χ4v) is 5.29. The van der Waals surface area contributed by atoms with E-state index in [1.807, 2.05) is 24.3 Å². The predicted molar refractivity (Wildman–Crippen MR) is 140 cm³/mol. The van der Waals surface area contributed by atoms with Crippen molar-refractivity contribution in [2.45, 2.75) is 0 Å². The Morgan fingerprint density at radius 1 is 0.970 bits per heavy atom. The smallest absolute Gasteiger partial charge is 0.269 e. The summed E-state index contributed by atoms with van der Waals surface area (Å²) in [5.41, 5.74) is 2.82. The number of hydrogen-bond acceptors (Lipinski definition) is 5. The van der Waals surface area contributed by atoms with E-state index in [1.54, 1.807) is 36.4 Å². The third-order valence-electron chi connectivity index (χ3n) is 4.76. The summed E-state index contributed by atoms with van der Waals surface area (Å²) in [6.07, 6.45) is 0. The average Bonchev–Trinajstić information content (AvgIpc) is 3.34. The van der Waals surface area contributed by atoms with Crippen molar-refractivity contribution >= 4 is 96.3 Å². The van der Waals surface area contributed by atoms with Gasteiger partial charge in [0.05, 0.1) is 5.02 Å². The molecule has 2 aromatic heterocycles. The molecule has 0 saturated carbocycles. The number of carbonyl (C=O) groups is 1. The van der Waals surface area contributed by atoms with Crippen LogP contribution in [0.4, 0.5) is 5.69 Å². The Morgan fingerprint density at radius 3 is 2.48 bits per heavy atom. The van der Waals surface area contributed by atoms with Crippen molar-refractivity contribution in [3.8, 4) is 11.5 Å². The molecule has 5 nitrogen and oxygen atoms in total. The summed E-state index contributed by atoms with van der Waals surface area (Å²) < 4.78 is 6.61. The summed E-state index contributed by atoms with van der Waals surface area (Å²) in [4.78, 5) is 17.5. The number of anilines is 1. The average molecular weight is 533 g/mol. The molecule has 0 radical (unpaired) electrons. The summed E-state index contributed by atoms with van der Waals surface area (Å²) in [6, 6.07) is 17.9. The zero-order chi connectivity index (χ0) is 23.1. The van der Waals surface area contributed by atoms with E-state index in [1.165, 1.54) is 11.3 Å². The van der Waals surface area contributed by atoms with Crippen LogP contribution in [0.1, 0.15) is 9.67 Å². The molecule has 0 saturated heterocycles. The first kappa shape index (κ1) is 22.1. The number of fused-ring (bicyclic) bond motifs is 2. The van der Waals surface area contributed by atoms with Gasteiger partial charge >= 0.3 is 0 Å². The number of halogens is 3. The highest BCUT2D eigenvalue weighted by atomic mass is 35.5. The van der Waals surface area contributed by atoms with Crippen LogP contribution in [0.5, 0.6) is 0 Å². The Labute approximate surface area is 212 Å². The molecule has 2 N–H and O–H groups in total. The summed E-state index contributed by atoms with van der Waals surface area (Å²) in [6.45, 7) is 0. The quantitative estimate of drug-likeness (QED) is 0.232. The monoisotopic (exact) mass is 531 g/mol. The van der Waals surface area contributed by atoms with Crippen LogP contribution in [0.3, 0.4) is 0 Å². The lowest BCUT2D eigenvalue weighted by Gasteiger charge is -2.09. The van der Waals surface area contributed by atoms with Crippen molar-refractivity contribution in [3.63, 3.8) is 0 Å². The lowest BCUT2D eigenvalue weighted by Crippen LogP contribution is -2.33. The van der Waals surface area contributed by atoms with Crippen LogP contribution >= 0.6 is 58.4 Å². The van der Waals surface area contributed by atoms with Gasteiger partial charge in [-0.05, 0) is 66.8 Å². The molecule has 0 aliphatic rings. The number of nitrogens with zero attached hydrogens (tertiary/aromatic N) is 1. The van der Waals surface area contributed by atoms with Crippen molar-refractivity contribution in [3.05, 3.63) is 80.6 Å². The maximum atomic E-state index is 12.7. The highest BCUT2D eigenvalue weighted by molar-refractivity contribution is 7.80. The number of thiophene rings is 1. The van der Waals surface area contributed by atoms with Crippen LogP contribution in [0.15, 0.2) is 65.1 Å². The van der Waals surface area contributed by atoms with Gasteiger partial charge in [-0.1, -0.05) is 40.9 Å². The largest absolute Gasteiger partial charge is 0.436 e. The van der Waals surface area contributed by atoms with Gasteiger partial charge in [-0.3, -0.25) is 10.1 Å². The van der Waals surface area contributed by atoms with E-state index in [-0.39, 0.29) is 5.11 Å². The summed E-state index contributed by atoms with van der Waals surface area (Å²) in [5.74, 6) is 0.0887. The molecule has 5 rings (SSSR count). The van der Waals surface area contributed by atoms with Crippen LogP contribution in [-0.2, 0) is 0 Å². The van der Waals surface area contributed by atoms with E-state index < -0.39 is 5.91 Å². The van der Waals surface area contributed by atoms with Gasteiger partial charge in [0.1, 0.15) is 10.4 Å². The number of hydrogen-bond donors (Lipinski definition) is 2. The number of carbonyl (C=O) groups excluding carboxylic acids is 1. The Hall–Kier alpha value is -2.68. The molecule has 0 aliphatic carbocycles. The molecular formula is C23H12Cl3N3O2S2. The number of amides is 1. The molecular weight excluding hydrogens is 521 g/mol. The van der Waals surface area contributed by atoms with E-state index in [4.69, 9.17) is 51.4 Å². The number of thiocarbonyl (C=S) groups is 1.